The van der Waals surface area contributed by atoms with Crippen molar-refractivity contribution >= 4 is 11.9 Å². The second kappa shape index (κ2) is 7.54. The third kappa shape index (κ3) is 10.9. The summed E-state index contributed by atoms with van der Waals surface area (Å²) in [4.78, 5) is 23.7. The molecule has 0 aromatic rings. The van der Waals surface area contributed by atoms with E-state index in [0.29, 0.717) is 0 Å². The molecule has 0 aliphatic heterocycles. The SMILES string of the molecule is CC(C)C(=O)O.CC(C)C(=O)ON. The predicted octanol–water partition coefficient (Wildman–Crippen LogP) is 0.786. The molecule has 3 N–H and O–H groups in total. The average Bonchev–Trinajstić information content (AvgIpc) is 2.03. The maximum atomic E-state index is 10.2. The molecule has 0 aliphatic rings. The molecular formula is C8H17NO4. The van der Waals surface area contributed by atoms with Gasteiger partial charge in [-0.1, -0.05) is 27.7 Å². The molecule has 0 spiro atoms. The first kappa shape index (κ1) is 14.4. The number of carboxylic acid groups (broad SMARTS) is 1. The molecule has 0 aliphatic carbocycles. The molecule has 78 valence electrons. The Bertz CT molecular complexity index is 166. The summed E-state index contributed by atoms with van der Waals surface area (Å²) in [6, 6.07) is 0. The van der Waals surface area contributed by atoms with Crippen LogP contribution in [0.4, 0.5) is 0 Å². The Balaban J connectivity index is 0. The second-order valence-corrected chi connectivity index (χ2v) is 3.08. The highest BCUT2D eigenvalue weighted by Crippen LogP contribution is 1.90. The fraction of sp³-hybridized carbons (Fsp3) is 0.750. The lowest BCUT2D eigenvalue weighted by atomic mass is 10.2. The van der Waals surface area contributed by atoms with Crippen LogP contribution in [0.15, 0.2) is 0 Å². The molecule has 0 heterocycles. The van der Waals surface area contributed by atoms with Crippen LogP contribution < -0.4 is 5.90 Å². The zero-order valence-corrected chi connectivity index (χ0v) is 8.40. The molecule has 0 fully saturated rings. The first-order valence-corrected chi connectivity index (χ1v) is 3.96. The Morgan fingerprint density at radius 2 is 1.46 bits per heavy atom. The van der Waals surface area contributed by atoms with Gasteiger partial charge in [-0.15, -0.1) is 0 Å². The molecule has 0 radical (unpaired) electrons. The highest BCUT2D eigenvalue weighted by Gasteiger charge is 2.04. The first-order valence-electron chi connectivity index (χ1n) is 3.96. The summed E-state index contributed by atoms with van der Waals surface area (Å²) < 4.78 is 0. The number of hydrogen-bond acceptors (Lipinski definition) is 4. The van der Waals surface area contributed by atoms with Crippen LogP contribution >= 0.6 is 0 Å². The zero-order valence-electron chi connectivity index (χ0n) is 8.40. The first-order chi connectivity index (χ1) is 5.82. The van der Waals surface area contributed by atoms with Gasteiger partial charge < -0.3 is 9.94 Å². The summed E-state index contributed by atoms with van der Waals surface area (Å²) in [5, 5.41) is 7.99. The van der Waals surface area contributed by atoms with E-state index in [1.165, 1.54) is 0 Å². The Kier molecular flexibility index (Phi) is 8.37. The third-order valence-corrected chi connectivity index (χ3v) is 1.08. The van der Waals surface area contributed by atoms with Gasteiger partial charge in [0, 0.05) is 0 Å². The number of rotatable bonds is 2. The van der Waals surface area contributed by atoms with Crippen LogP contribution in [-0.2, 0) is 14.4 Å². The molecule has 5 nitrogen and oxygen atoms in total. The van der Waals surface area contributed by atoms with Crippen molar-refractivity contribution in [3.8, 4) is 0 Å². The molecule has 0 saturated heterocycles. The predicted molar refractivity (Wildman–Crippen MR) is 47.6 cm³/mol. The number of carbonyl (C=O) groups is 2. The molecule has 0 aromatic heterocycles. The lowest BCUT2D eigenvalue weighted by molar-refractivity contribution is -0.147. The van der Waals surface area contributed by atoms with Crippen molar-refractivity contribution in [2.24, 2.45) is 17.7 Å². The van der Waals surface area contributed by atoms with Crippen LogP contribution in [0.25, 0.3) is 0 Å². The molecule has 0 saturated carbocycles. The van der Waals surface area contributed by atoms with E-state index >= 15 is 0 Å². The standard InChI is InChI=1S/C4H9NO2.C4H8O2/c1-3(2)4(6)7-5;1-3(2)4(5)6/h3H,5H2,1-2H3;3H,1-2H3,(H,5,6). The average molecular weight is 191 g/mol. The van der Waals surface area contributed by atoms with Crippen molar-refractivity contribution in [2.75, 3.05) is 0 Å². The van der Waals surface area contributed by atoms with Crippen molar-refractivity contribution in [1.29, 1.82) is 0 Å². The number of aliphatic carboxylic acids is 1. The lowest BCUT2D eigenvalue weighted by Gasteiger charge is -1.96. The summed E-state index contributed by atoms with van der Waals surface area (Å²) in [5.74, 6) is 3.06. The van der Waals surface area contributed by atoms with Crippen molar-refractivity contribution in [1.82, 2.24) is 0 Å². The quantitative estimate of drug-likeness (QED) is 0.630. The van der Waals surface area contributed by atoms with E-state index in [-0.39, 0.29) is 17.8 Å². The van der Waals surface area contributed by atoms with Crippen LogP contribution in [0.1, 0.15) is 27.7 Å². The minimum atomic E-state index is -0.741. The number of carboxylic acids is 1. The van der Waals surface area contributed by atoms with Gasteiger partial charge in [-0.2, -0.15) is 5.90 Å². The molecule has 5 heteroatoms. The number of nitrogens with two attached hydrogens (primary N) is 1. The molecule has 0 rings (SSSR count). The Morgan fingerprint density at radius 3 is 1.46 bits per heavy atom. The molecule has 13 heavy (non-hydrogen) atoms. The van der Waals surface area contributed by atoms with E-state index in [1.54, 1.807) is 27.7 Å². The van der Waals surface area contributed by atoms with Crippen molar-refractivity contribution in [2.45, 2.75) is 27.7 Å². The van der Waals surface area contributed by atoms with Gasteiger partial charge in [0.15, 0.2) is 0 Å². The smallest absolute Gasteiger partial charge is 0.326 e. The summed E-state index contributed by atoms with van der Waals surface area (Å²) in [6.45, 7) is 6.72. The van der Waals surface area contributed by atoms with Crippen molar-refractivity contribution in [3.63, 3.8) is 0 Å². The van der Waals surface area contributed by atoms with E-state index in [4.69, 9.17) is 5.11 Å². The number of hydrogen-bond donors (Lipinski definition) is 2. The van der Waals surface area contributed by atoms with Gasteiger partial charge in [0.1, 0.15) is 0 Å². The largest absolute Gasteiger partial charge is 0.481 e. The molecule has 0 bridgehead atoms. The van der Waals surface area contributed by atoms with Crippen LogP contribution in [0, 0.1) is 11.8 Å². The fourth-order valence-electron chi connectivity index (χ4n) is 0.136. The van der Waals surface area contributed by atoms with E-state index in [0.717, 1.165) is 0 Å². The van der Waals surface area contributed by atoms with Gasteiger partial charge in [-0.3, -0.25) is 9.59 Å². The Morgan fingerprint density at radius 1 is 1.15 bits per heavy atom. The monoisotopic (exact) mass is 191 g/mol. The summed E-state index contributed by atoms with van der Waals surface area (Å²) in [6.07, 6.45) is 0. The third-order valence-electron chi connectivity index (χ3n) is 1.08. The van der Waals surface area contributed by atoms with Crippen LogP contribution in [0.3, 0.4) is 0 Å². The highest BCUT2D eigenvalue weighted by atomic mass is 16.7. The van der Waals surface area contributed by atoms with Crippen LogP contribution in [0.5, 0.6) is 0 Å². The van der Waals surface area contributed by atoms with Gasteiger partial charge in [0.2, 0.25) is 0 Å². The molecule has 0 aromatic carbocycles. The van der Waals surface area contributed by atoms with Crippen LogP contribution in [0.2, 0.25) is 0 Å². The highest BCUT2D eigenvalue weighted by molar-refractivity contribution is 5.71. The normalized spacial score (nSPS) is 9.15. The second-order valence-electron chi connectivity index (χ2n) is 3.08. The van der Waals surface area contributed by atoms with Gasteiger partial charge >= 0.3 is 11.9 Å². The molecule has 0 amide bonds. The van der Waals surface area contributed by atoms with Gasteiger partial charge in [-0.25, -0.2) is 0 Å². The maximum absolute atomic E-state index is 10.2. The molecular weight excluding hydrogens is 174 g/mol. The fourth-order valence-corrected chi connectivity index (χ4v) is 0.136. The molecule has 0 atom stereocenters. The molecule has 0 unspecified atom stereocenters. The van der Waals surface area contributed by atoms with E-state index in [1.807, 2.05) is 0 Å². The maximum Gasteiger partial charge on any atom is 0.326 e. The van der Waals surface area contributed by atoms with Crippen molar-refractivity contribution < 1.29 is 19.5 Å². The lowest BCUT2D eigenvalue weighted by Crippen LogP contribution is -2.15. The van der Waals surface area contributed by atoms with E-state index in [9.17, 15) is 9.59 Å². The van der Waals surface area contributed by atoms with Gasteiger partial charge in [0.05, 0.1) is 11.8 Å². The summed E-state index contributed by atoms with van der Waals surface area (Å²) in [5.41, 5.74) is 0. The summed E-state index contributed by atoms with van der Waals surface area (Å²) >= 11 is 0. The van der Waals surface area contributed by atoms with E-state index in [2.05, 4.69) is 10.7 Å². The minimum absolute atomic E-state index is 0.120. The Hall–Kier alpha value is -1.10. The minimum Gasteiger partial charge on any atom is -0.481 e. The van der Waals surface area contributed by atoms with E-state index < -0.39 is 5.97 Å². The van der Waals surface area contributed by atoms with Gasteiger partial charge in [0.25, 0.3) is 0 Å². The Labute approximate surface area is 77.8 Å². The van der Waals surface area contributed by atoms with Crippen molar-refractivity contribution in [3.05, 3.63) is 0 Å². The topological polar surface area (TPSA) is 89.6 Å². The van der Waals surface area contributed by atoms with Crippen LogP contribution in [-0.4, -0.2) is 17.0 Å². The number of carbonyl (C=O) groups excluding carboxylic acids is 1. The summed E-state index contributed by atoms with van der Waals surface area (Å²) in [7, 11) is 0. The zero-order chi connectivity index (χ0) is 11.0. The van der Waals surface area contributed by atoms with Gasteiger partial charge in [-0.05, 0) is 0 Å².